The van der Waals surface area contributed by atoms with Gasteiger partial charge < -0.3 is 10.1 Å². The molecule has 0 saturated carbocycles. The van der Waals surface area contributed by atoms with Crippen molar-refractivity contribution < 1.29 is 4.74 Å². The first-order chi connectivity index (χ1) is 10.0. The molecule has 0 atom stereocenters. The molecule has 0 radical (unpaired) electrons. The normalized spacial score (nSPS) is 11.6. The van der Waals surface area contributed by atoms with Gasteiger partial charge in [0.05, 0.1) is 17.3 Å². The van der Waals surface area contributed by atoms with Crippen molar-refractivity contribution >= 4 is 11.3 Å². The highest BCUT2D eigenvalue weighted by molar-refractivity contribution is 7.11. The maximum atomic E-state index is 5.76. The molecule has 3 nitrogen and oxygen atoms in total. The minimum Gasteiger partial charge on any atom is -0.493 e. The van der Waals surface area contributed by atoms with Crippen LogP contribution < -0.4 is 10.1 Å². The molecular weight excluding hydrogens is 280 g/mol. The van der Waals surface area contributed by atoms with Crippen molar-refractivity contribution in [2.75, 3.05) is 13.7 Å². The van der Waals surface area contributed by atoms with Crippen LogP contribution in [0.15, 0.2) is 30.3 Å². The Morgan fingerprint density at radius 3 is 2.52 bits per heavy atom. The Balaban J connectivity index is 2.00. The molecule has 1 aromatic carbocycles. The van der Waals surface area contributed by atoms with Gasteiger partial charge in [-0.05, 0) is 19.2 Å². The fraction of sp³-hybridized carbons (Fsp3) is 0.471. The number of benzene rings is 1. The second-order valence-electron chi connectivity index (χ2n) is 6.07. The van der Waals surface area contributed by atoms with E-state index in [0.29, 0.717) is 6.61 Å². The topological polar surface area (TPSA) is 34.1 Å². The third kappa shape index (κ3) is 4.55. The van der Waals surface area contributed by atoms with E-state index in [-0.39, 0.29) is 5.41 Å². The number of ether oxygens (including phenoxy) is 1. The molecule has 0 aliphatic heterocycles. The number of thiazole rings is 1. The molecule has 114 valence electrons. The molecule has 1 heterocycles. The summed E-state index contributed by atoms with van der Waals surface area (Å²) in [6, 6.07) is 9.93. The van der Waals surface area contributed by atoms with Crippen molar-refractivity contribution in [3.05, 3.63) is 45.9 Å². The highest BCUT2D eigenvalue weighted by atomic mass is 32.1. The number of nitrogens with one attached hydrogen (secondary N) is 1. The molecule has 0 amide bonds. The Bertz CT molecular complexity index is 558. The van der Waals surface area contributed by atoms with Crippen LogP contribution in [0.5, 0.6) is 5.75 Å². The van der Waals surface area contributed by atoms with Crippen LogP contribution in [0.25, 0.3) is 0 Å². The lowest BCUT2D eigenvalue weighted by Crippen LogP contribution is -2.16. The fourth-order valence-electron chi connectivity index (χ4n) is 2.15. The molecule has 0 aliphatic rings. The SMILES string of the molecule is CNCc1sc(CCOc2ccccc2)nc1C(C)(C)C. The van der Waals surface area contributed by atoms with Gasteiger partial charge in [-0.3, -0.25) is 0 Å². The van der Waals surface area contributed by atoms with Crippen LogP contribution in [-0.2, 0) is 18.4 Å². The number of nitrogens with zero attached hydrogens (tertiary/aromatic N) is 1. The first-order valence-corrected chi connectivity index (χ1v) is 8.14. The van der Waals surface area contributed by atoms with Crippen LogP contribution >= 0.6 is 11.3 Å². The lowest BCUT2D eigenvalue weighted by Gasteiger charge is -2.17. The molecular formula is C17H24N2OS. The van der Waals surface area contributed by atoms with Gasteiger partial charge in [-0.1, -0.05) is 39.0 Å². The monoisotopic (exact) mass is 304 g/mol. The zero-order chi connectivity index (χ0) is 15.3. The predicted molar refractivity (Wildman–Crippen MR) is 89.2 cm³/mol. The van der Waals surface area contributed by atoms with Crippen molar-refractivity contribution in [3.63, 3.8) is 0 Å². The number of hydrogen-bond acceptors (Lipinski definition) is 4. The number of hydrogen-bond donors (Lipinski definition) is 1. The summed E-state index contributed by atoms with van der Waals surface area (Å²) in [7, 11) is 1.98. The molecule has 0 fully saturated rings. The summed E-state index contributed by atoms with van der Waals surface area (Å²) in [6.07, 6.45) is 0.854. The van der Waals surface area contributed by atoms with E-state index in [2.05, 4.69) is 26.1 Å². The van der Waals surface area contributed by atoms with E-state index in [0.717, 1.165) is 23.7 Å². The van der Waals surface area contributed by atoms with E-state index in [1.165, 1.54) is 10.6 Å². The minimum absolute atomic E-state index is 0.0845. The summed E-state index contributed by atoms with van der Waals surface area (Å²) in [5.74, 6) is 0.917. The van der Waals surface area contributed by atoms with Crippen molar-refractivity contribution in [2.24, 2.45) is 0 Å². The lowest BCUT2D eigenvalue weighted by molar-refractivity contribution is 0.321. The fourth-order valence-corrected chi connectivity index (χ4v) is 3.42. The molecule has 0 bridgehead atoms. The van der Waals surface area contributed by atoms with Crippen molar-refractivity contribution in [1.82, 2.24) is 10.3 Å². The van der Waals surface area contributed by atoms with E-state index < -0.39 is 0 Å². The van der Waals surface area contributed by atoms with Gasteiger partial charge in [-0.25, -0.2) is 4.98 Å². The first kappa shape index (κ1) is 16.0. The summed E-state index contributed by atoms with van der Waals surface area (Å²) in [6.45, 7) is 8.19. The maximum Gasteiger partial charge on any atom is 0.119 e. The van der Waals surface area contributed by atoms with Gasteiger partial charge in [0.1, 0.15) is 5.75 Å². The molecule has 1 N–H and O–H groups in total. The van der Waals surface area contributed by atoms with Gasteiger partial charge in [0.25, 0.3) is 0 Å². The summed E-state index contributed by atoms with van der Waals surface area (Å²) in [5.41, 5.74) is 1.29. The lowest BCUT2D eigenvalue weighted by atomic mass is 9.91. The van der Waals surface area contributed by atoms with E-state index in [9.17, 15) is 0 Å². The predicted octanol–water partition coefficient (Wildman–Crippen LogP) is 3.78. The summed E-state index contributed by atoms with van der Waals surface area (Å²) in [5, 5.41) is 4.38. The highest BCUT2D eigenvalue weighted by Crippen LogP contribution is 2.29. The Labute approximate surface area is 131 Å². The van der Waals surface area contributed by atoms with Crippen LogP contribution in [0.4, 0.5) is 0 Å². The van der Waals surface area contributed by atoms with Crippen molar-refractivity contribution in [1.29, 1.82) is 0 Å². The number of aromatic nitrogens is 1. The second-order valence-corrected chi connectivity index (χ2v) is 7.24. The summed E-state index contributed by atoms with van der Waals surface area (Å²) in [4.78, 5) is 6.16. The van der Waals surface area contributed by atoms with Crippen LogP contribution in [0.1, 0.15) is 36.3 Å². The summed E-state index contributed by atoms with van der Waals surface area (Å²) < 4.78 is 5.76. The van der Waals surface area contributed by atoms with Crippen molar-refractivity contribution in [2.45, 2.75) is 39.2 Å². The third-order valence-corrected chi connectivity index (χ3v) is 4.23. The molecule has 0 unspecified atom stereocenters. The van der Waals surface area contributed by atoms with Gasteiger partial charge in [0.2, 0.25) is 0 Å². The molecule has 0 saturated heterocycles. The third-order valence-electron chi connectivity index (χ3n) is 3.12. The largest absolute Gasteiger partial charge is 0.493 e. The number of rotatable bonds is 6. The van der Waals surface area contributed by atoms with E-state index in [1.54, 1.807) is 11.3 Å². The number of para-hydroxylation sites is 1. The van der Waals surface area contributed by atoms with E-state index in [4.69, 9.17) is 9.72 Å². The van der Waals surface area contributed by atoms with E-state index in [1.807, 2.05) is 37.4 Å². The van der Waals surface area contributed by atoms with Crippen LogP contribution in [-0.4, -0.2) is 18.6 Å². The minimum atomic E-state index is 0.0845. The smallest absolute Gasteiger partial charge is 0.119 e. The van der Waals surface area contributed by atoms with E-state index >= 15 is 0 Å². The zero-order valence-electron chi connectivity index (χ0n) is 13.3. The Hall–Kier alpha value is -1.39. The maximum absolute atomic E-state index is 5.76. The average molecular weight is 304 g/mol. The van der Waals surface area contributed by atoms with Gasteiger partial charge in [-0.2, -0.15) is 0 Å². The van der Waals surface area contributed by atoms with Gasteiger partial charge >= 0.3 is 0 Å². The second kappa shape index (κ2) is 7.05. The van der Waals surface area contributed by atoms with Gasteiger partial charge in [0, 0.05) is 23.3 Å². The molecule has 2 aromatic rings. The zero-order valence-corrected chi connectivity index (χ0v) is 14.1. The Morgan fingerprint density at radius 1 is 1.19 bits per heavy atom. The molecule has 1 aromatic heterocycles. The first-order valence-electron chi connectivity index (χ1n) is 7.32. The standard InChI is InChI=1S/C17H24N2OS/c1-17(2,3)16-14(12-18-4)21-15(19-16)10-11-20-13-8-6-5-7-9-13/h5-9,18H,10-12H2,1-4H3. The Kier molecular flexibility index (Phi) is 5.37. The molecule has 21 heavy (non-hydrogen) atoms. The van der Waals surface area contributed by atoms with Crippen molar-refractivity contribution in [3.8, 4) is 5.75 Å². The van der Waals surface area contributed by atoms with Crippen LogP contribution in [0.2, 0.25) is 0 Å². The van der Waals surface area contributed by atoms with Gasteiger partial charge in [-0.15, -0.1) is 11.3 Å². The quantitative estimate of drug-likeness (QED) is 0.882. The molecule has 0 spiro atoms. The summed E-state index contributed by atoms with van der Waals surface area (Å²) >= 11 is 1.79. The Morgan fingerprint density at radius 2 is 1.90 bits per heavy atom. The highest BCUT2D eigenvalue weighted by Gasteiger charge is 2.22. The molecule has 0 aliphatic carbocycles. The van der Waals surface area contributed by atoms with Crippen LogP contribution in [0.3, 0.4) is 0 Å². The van der Waals surface area contributed by atoms with Gasteiger partial charge in [0.15, 0.2) is 0 Å². The molecule has 4 heteroatoms. The van der Waals surface area contributed by atoms with Crippen LogP contribution in [0, 0.1) is 0 Å². The molecule has 2 rings (SSSR count). The average Bonchev–Trinajstić information content (AvgIpc) is 2.84.